The van der Waals surface area contributed by atoms with Crippen molar-refractivity contribution in [2.45, 2.75) is 25.2 Å². The molecule has 2 atom stereocenters. The van der Waals surface area contributed by atoms with Crippen LogP contribution in [0.15, 0.2) is 42.5 Å². The van der Waals surface area contributed by atoms with E-state index in [1.165, 1.54) is 20.3 Å². The summed E-state index contributed by atoms with van der Waals surface area (Å²) in [7, 11) is 2.52. The molecule has 1 saturated heterocycles. The number of hydrogen-bond donors (Lipinski definition) is 1. The minimum atomic E-state index is -1.04. The molecule has 0 unspecified atom stereocenters. The number of carbonyl (C=O) groups is 2. The molecule has 0 bridgehead atoms. The fraction of sp³-hybridized carbons (Fsp3) is 0.333. The molecule has 1 aliphatic rings. The van der Waals surface area contributed by atoms with Gasteiger partial charge < -0.3 is 24.2 Å². The summed E-state index contributed by atoms with van der Waals surface area (Å²) in [5.41, 5.74) is 0.0649. The average Bonchev–Trinajstić information content (AvgIpc) is 3.18. The lowest BCUT2D eigenvalue weighted by Crippen LogP contribution is -2.41. The van der Waals surface area contributed by atoms with Crippen LogP contribution < -0.4 is 9.47 Å². The van der Waals surface area contributed by atoms with Gasteiger partial charge in [-0.1, -0.05) is 30.3 Å². The highest BCUT2D eigenvalue weighted by atomic mass is 16.6. The normalized spacial score (nSPS) is 17.8. The predicted molar refractivity (Wildman–Crippen MR) is 108 cm³/mol. The van der Waals surface area contributed by atoms with E-state index in [-0.39, 0.29) is 36.6 Å². The first kappa shape index (κ1) is 22.0. The van der Waals surface area contributed by atoms with E-state index in [4.69, 9.17) is 14.2 Å². The first-order chi connectivity index (χ1) is 14.8. The van der Waals surface area contributed by atoms with E-state index in [1.807, 2.05) is 30.3 Å². The summed E-state index contributed by atoms with van der Waals surface area (Å²) in [5, 5.41) is 21.6. The van der Waals surface area contributed by atoms with Crippen molar-refractivity contribution in [2.24, 2.45) is 0 Å². The van der Waals surface area contributed by atoms with E-state index in [0.29, 0.717) is 0 Å². The van der Waals surface area contributed by atoms with Crippen molar-refractivity contribution < 1.29 is 33.8 Å². The minimum Gasteiger partial charge on any atom is -0.493 e. The van der Waals surface area contributed by atoms with Gasteiger partial charge in [0.2, 0.25) is 0 Å². The van der Waals surface area contributed by atoms with Gasteiger partial charge in [-0.25, -0.2) is 4.79 Å². The van der Waals surface area contributed by atoms with Gasteiger partial charge in [0, 0.05) is 19.0 Å². The zero-order valence-electron chi connectivity index (χ0n) is 17.0. The number of hydrogen-bond acceptors (Lipinski definition) is 8. The highest BCUT2D eigenvalue weighted by molar-refractivity contribution is 6.01. The third-order valence-corrected chi connectivity index (χ3v) is 4.96. The molecule has 0 saturated carbocycles. The molecule has 10 nitrogen and oxygen atoms in total. The maximum absolute atomic E-state index is 13.1. The number of aliphatic hydroxyl groups is 1. The summed E-state index contributed by atoms with van der Waals surface area (Å²) < 4.78 is 15.7. The van der Waals surface area contributed by atoms with Crippen LogP contribution in [0.25, 0.3) is 0 Å². The summed E-state index contributed by atoms with van der Waals surface area (Å²) in [4.78, 5) is 37.2. The molecule has 3 rings (SSSR count). The van der Waals surface area contributed by atoms with Crippen molar-refractivity contribution >= 4 is 17.6 Å². The summed E-state index contributed by atoms with van der Waals surface area (Å²) >= 11 is 0. The molecule has 1 heterocycles. The van der Waals surface area contributed by atoms with Crippen molar-refractivity contribution in [3.05, 3.63) is 63.7 Å². The van der Waals surface area contributed by atoms with Crippen LogP contribution in [0.2, 0.25) is 0 Å². The zero-order chi connectivity index (χ0) is 22.5. The number of aliphatic hydroxyl groups excluding tert-OH is 1. The van der Waals surface area contributed by atoms with E-state index in [1.54, 1.807) is 0 Å². The summed E-state index contributed by atoms with van der Waals surface area (Å²) in [5.74, 6) is -1.27. The van der Waals surface area contributed by atoms with Gasteiger partial charge in [0.1, 0.15) is 18.2 Å². The van der Waals surface area contributed by atoms with Crippen molar-refractivity contribution in [3.63, 3.8) is 0 Å². The fourth-order valence-electron chi connectivity index (χ4n) is 3.43. The van der Waals surface area contributed by atoms with Crippen molar-refractivity contribution in [3.8, 4) is 11.5 Å². The molecule has 0 aliphatic carbocycles. The van der Waals surface area contributed by atoms with E-state index >= 15 is 0 Å². The van der Waals surface area contributed by atoms with Crippen LogP contribution in [-0.4, -0.2) is 59.7 Å². The van der Waals surface area contributed by atoms with Gasteiger partial charge in [-0.2, -0.15) is 0 Å². The second kappa shape index (κ2) is 9.43. The second-order valence-corrected chi connectivity index (χ2v) is 6.94. The summed E-state index contributed by atoms with van der Waals surface area (Å²) in [6.07, 6.45) is -0.954. The summed E-state index contributed by atoms with van der Waals surface area (Å²) in [6.45, 7) is -0.00525. The van der Waals surface area contributed by atoms with Crippen molar-refractivity contribution in [2.75, 3.05) is 20.8 Å². The largest absolute Gasteiger partial charge is 0.493 e. The van der Waals surface area contributed by atoms with Crippen LogP contribution in [-0.2, 0) is 16.1 Å². The Balaban J connectivity index is 1.95. The smallest absolute Gasteiger partial charge is 0.328 e. The molecule has 1 fully saturated rings. The lowest BCUT2D eigenvalue weighted by molar-refractivity contribution is -0.385. The Morgan fingerprint density at radius 2 is 1.90 bits per heavy atom. The van der Waals surface area contributed by atoms with Gasteiger partial charge in [0.15, 0.2) is 11.5 Å². The zero-order valence-corrected chi connectivity index (χ0v) is 17.0. The fourth-order valence-corrected chi connectivity index (χ4v) is 3.43. The van der Waals surface area contributed by atoms with Crippen molar-refractivity contribution in [1.29, 1.82) is 0 Å². The Bertz CT molecular complexity index is 979. The number of likely N-dealkylation sites (tertiary alicyclic amines) is 1. The van der Waals surface area contributed by atoms with Gasteiger partial charge >= 0.3 is 5.97 Å². The molecule has 0 spiro atoms. The third kappa shape index (κ3) is 4.75. The van der Waals surface area contributed by atoms with Crippen LogP contribution in [0.4, 0.5) is 5.69 Å². The average molecular weight is 430 g/mol. The SMILES string of the molecule is COC(=O)[C@@H]1C[C@@H](O)CN1C(=O)c1cc(OC)c(OCc2ccccc2)cc1[N+](=O)[O-]. The number of β-amino-alcohol motifs (C(OH)–C–C–N with tert-alkyl or cyclic N) is 1. The Morgan fingerprint density at radius 1 is 1.19 bits per heavy atom. The number of benzene rings is 2. The van der Waals surface area contributed by atoms with Gasteiger partial charge in [-0.15, -0.1) is 0 Å². The number of methoxy groups -OCH3 is 2. The molecule has 0 aromatic heterocycles. The molecule has 1 amide bonds. The highest BCUT2D eigenvalue weighted by Crippen LogP contribution is 2.37. The monoisotopic (exact) mass is 430 g/mol. The lowest BCUT2D eigenvalue weighted by atomic mass is 10.1. The minimum absolute atomic E-state index is 0.0123. The number of amides is 1. The van der Waals surface area contributed by atoms with E-state index < -0.39 is 34.6 Å². The number of nitro benzene ring substituents is 1. The highest BCUT2D eigenvalue weighted by Gasteiger charge is 2.42. The number of esters is 1. The molecule has 1 aliphatic heterocycles. The molecule has 1 N–H and O–H groups in total. The van der Waals surface area contributed by atoms with Gasteiger partial charge in [-0.3, -0.25) is 14.9 Å². The first-order valence-corrected chi connectivity index (χ1v) is 9.45. The summed E-state index contributed by atoms with van der Waals surface area (Å²) in [6, 6.07) is 10.5. The molecule has 31 heavy (non-hydrogen) atoms. The second-order valence-electron chi connectivity index (χ2n) is 6.94. The number of carbonyl (C=O) groups excluding carboxylic acids is 2. The number of ether oxygens (including phenoxy) is 3. The van der Waals surface area contributed by atoms with Crippen LogP contribution >= 0.6 is 0 Å². The third-order valence-electron chi connectivity index (χ3n) is 4.96. The standard InChI is InChI=1S/C21H22N2O8/c1-29-18-9-15(20(25)22-11-14(24)8-17(22)21(26)30-2)16(23(27)28)10-19(18)31-12-13-6-4-3-5-7-13/h3-7,9-10,14,17,24H,8,11-12H2,1-2H3/t14-,17+/m1/s1. The van der Waals surface area contributed by atoms with Crippen LogP contribution in [0.1, 0.15) is 22.3 Å². The quantitative estimate of drug-likeness (QED) is 0.401. The van der Waals surface area contributed by atoms with E-state index in [2.05, 4.69) is 0 Å². The van der Waals surface area contributed by atoms with E-state index in [9.17, 15) is 24.8 Å². The molecule has 10 heteroatoms. The number of rotatable bonds is 7. The molecule has 2 aromatic carbocycles. The van der Waals surface area contributed by atoms with E-state index in [0.717, 1.165) is 16.5 Å². The topological polar surface area (TPSA) is 128 Å². The van der Waals surface area contributed by atoms with Gasteiger partial charge in [-0.05, 0) is 5.56 Å². The Hall–Kier alpha value is -3.66. The predicted octanol–water partition coefficient (Wildman–Crippen LogP) is 1.93. The lowest BCUT2D eigenvalue weighted by Gasteiger charge is -2.22. The Morgan fingerprint density at radius 3 is 2.52 bits per heavy atom. The molecule has 0 radical (unpaired) electrons. The molecular formula is C21H22N2O8. The number of nitro groups is 1. The molecule has 2 aromatic rings. The molecule has 164 valence electrons. The van der Waals surface area contributed by atoms with Crippen molar-refractivity contribution in [1.82, 2.24) is 4.90 Å². The number of nitrogens with zero attached hydrogens (tertiary/aromatic N) is 2. The maximum Gasteiger partial charge on any atom is 0.328 e. The Kier molecular flexibility index (Phi) is 6.71. The van der Waals surface area contributed by atoms with Crippen LogP contribution in [0.3, 0.4) is 0 Å². The van der Waals surface area contributed by atoms with Gasteiger partial charge in [0.05, 0.1) is 31.3 Å². The Labute approximate surface area is 178 Å². The maximum atomic E-state index is 13.1. The molecular weight excluding hydrogens is 408 g/mol. The van der Waals surface area contributed by atoms with Crippen LogP contribution in [0, 0.1) is 10.1 Å². The van der Waals surface area contributed by atoms with Crippen LogP contribution in [0.5, 0.6) is 11.5 Å². The van der Waals surface area contributed by atoms with Gasteiger partial charge in [0.25, 0.3) is 11.6 Å². The first-order valence-electron chi connectivity index (χ1n) is 9.45.